The number of halogens is 1. The fraction of sp³-hybridized carbons (Fsp3) is 0.250. The molecule has 2 aliphatic heterocycles. The van der Waals surface area contributed by atoms with Crippen LogP contribution in [0.4, 0.5) is 4.39 Å². The molecule has 0 bridgehead atoms. The number of benzene rings is 3. The average molecular weight is 476 g/mol. The van der Waals surface area contributed by atoms with Crippen LogP contribution in [0.2, 0.25) is 0 Å². The summed E-state index contributed by atoms with van der Waals surface area (Å²) < 4.78 is 36.8. The van der Waals surface area contributed by atoms with Gasteiger partial charge in [0.1, 0.15) is 24.0 Å². The lowest BCUT2D eigenvalue weighted by Crippen LogP contribution is -2.34. The van der Waals surface area contributed by atoms with Crippen molar-refractivity contribution in [2.75, 3.05) is 27.5 Å². The van der Waals surface area contributed by atoms with E-state index >= 15 is 0 Å². The van der Waals surface area contributed by atoms with E-state index < -0.39 is 5.82 Å². The van der Waals surface area contributed by atoms with E-state index in [1.165, 1.54) is 12.1 Å². The highest BCUT2D eigenvalue weighted by Gasteiger charge is 2.33. The van der Waals surface area contributed by atoms with Crippen LogP contribution in [0.5, 0.6) is 23.0 Å². The number of hydrogen-bond acceptors (Lipinski definition) is 6. The molecule has 0 amide bonds. The lowest BCUT2D eigenvalue weighted by molar-refractivity contribution is 0.0953. The van der Waals surface area contributed by atoms with Gasteiger partial charge in [-0.2, -0.15) is 0 Å². The Morgan fingerprint density at radius 1 is 1.06 bits per heavy atom. The number of ketones is 1. The number of Topliss-reactive ketones (excluding diaryl/α,β-unsaturated/α-hetero) is 1. The molecule has 2 heterocycles. The van der Waals surface area contributed by atoms with Gasteiger partial charge in [-0.3, -0.25) is 9.69 Å². The minimum absolute atomic E-state index is 0.112. The summed E-state index contributed by atoms with van der Waals surface area (Å²) in [6.45, 7) is 3.74. The molecule has 0 N–H and O–H groups in total. The molecule has 5 rings (SSSR count). The second-order valence-electron chi connectivity index (χ2n) is 8.59. The van der Waals surface area contributed by atoms with E-state index in [0.29, 0.717) is 41.7 Å². The third-order valence-electron chi connectivity index (χ3n) is 6.36. The third kappa shape index (κ3) is 4.35. The van der Waals surface area contributed by atoms with Crippen molar-refractivity contribution in [3.05, 3.63) is 87.9 Å². The Labute approximate surface area is 203 Å². The highest BCUT2D eigenvalue weighted by molar-refractivity contribution is 6.15. The lowest BCUT2D eigenvalue weighted by atomic mass is 9.99. The molecule has 0 aliphatic carbocycles. The van der Waals surface area contributed by atoms with Crippen molar-refractivity contribution in [1.82, 2.24) is 4.90 Å². The molecule has 0 atom stereocenters. The largest absolute Gasteiger partial charge is 0.493 e. The molecule has 0 aromatic heterocycles. The summed E-state index contributed by atoms with van der Waals surface area (Å²) in [6, 6.07) is 14.0. The van der Waals surface area contributed by atoms with Gasteiger partial charge in [-0.15, -0.1) is 0 Å². The number of carbonyl (C=O) groups excluding carboxylic acids is 1. The number of ether oxygens (including phenoxy) is 4. The molecule has 3 aromatic rings. The first kappa shape index (κ1) is 22.9. The van der Waals surface area contributed by atoms with Crippen LogP contribution in [0, 0.1) is 12.7 Å². The summed E-state index contributed by atoms with van der Waals surface area (Å²) in [5.41, 5.74) is 3.63. The van der Waals surface area contributed by atoms with Crippen molar-refractivity contribution in [3.63, 3.8) is 0 Å². The van der Waals surface area contributed by atoms with E-state index in [1.807, 2.05) is 31.2 Å². The predicted octanol–water partition coefficient (Wildman–Crippen LogP) is 5.16. The highest BCUT2D eigenvalue weighted by Crippen LogP contribution is 2.43. The second-order valence-corrected chi connectivity index (χ2v) is 8.59. The fourth-order valence-electron chi connectivity index (χ4n) is 4.50. The SMILES string of the molecule is COc1ccc(CCN2COc3c(cc4c(c3C)O/C(=C\c3ccccc3F)C4=O)C2)cc1OC. The van der Waals surface area contributed by atoms with Gasteiger partial charge in [-0.25, -0.2) is 4.39 Å². The number of nitrogens with zero attached hydrogens (tertiary/aromatic N) is 1. The molecule has 180 valence electrons. The molecule has 0 radical (unpaired) electrons. The van der Waals surface area contributed by atoms with Gasteiger partial charge in [0.2, 0.25) is 5.78 Å². The van der Waals surface area contributed by atoms with E-state index in [0.717, 1.165) is 35.4 Å². The normalized spacial score (nSPS) is 15.9. The molecule has 3 aromatic carbocycles. The summed E-state index contributed by atoms with van der Waals surface area (Å²) in [4.78, 5) is 15.2. The van der Waals surface area contributed by atoms with Crippen LogP contribution in [0.1, 0.15) is 32.6 Å². The summed E-state index contributed by atoms with van der Waals surface area (Å²) in [5.74, 6) is 2.08. The van der Waals surface area contributed by atoms with Crippen molar-refractivity contribution in [3.8, 4) is 23.0 Å². The Bertz CT molecular complexity index is 1330. The van der Waals surface area contributed by atoms with Gasteiger partial charge >= 0.3 is 0 Å². The predicted molar refractivity (Wildman–Crippen MR) is 130 cm³/mol. The summed E-state index contributed by atoms with van der Waals surface area (Å²) >= 11 is 0. The lowest BCUT2D eigenvalue weighted by Gasteiger charge is -2.30. The number of methoxy groups -OCH3 is 2. The first-order valence-electron chi connectivity index (χ1n) is 11.4. The van der Waals surface area contributed by atoms with Gasteiger partial charge in [-0.05, 0) is 49.2 Å². The second kappa shape index (κ2) is 9.43. The Hall–Kier alpha value is -3.84. The van der Waals surface area contributed by atoms with Crippen LogP contribution in [0.15, 0.2) is 54.3 Å². The maximum absolute atomic E-state index is 14.1. The van der Waals surface area contributed by atoms with Crippen molar-refractivity contribution >= 4 is 11.9 Å². The molecule has 35 heavy (non-hydrogen) atoms. The van der Waals surface area contributed by atoms with Crippen LogP contribution >= 0.6 is 0 Å². The minimum atomic E-state index is -0.406. The first-order chi connectivity index (χ1) is 17.0. The van der Waals surface area contributed by atoms with Crippen LogP contribution in [0.3, 0.4) is 0 Å². The van der Waals surface area contributed by atoms with Crippen LogP contribution < -0.4 is 18.9 Å². The van der Waals surface area contributed by atoms with Gasteiger partial charge in [0.25, 0.3) is 0 Å². The molecule has 0 fully saturated rings. The number of rotatable bonds is 6. The topological polar surface area (TPSA) is 57.2 Å². The van der Waals surface area contributed by atoms with Crippen molar-refractivity contribution in [2.45, 2.75) is 19.9 Å². The molecular formula is C28H26FNO5. The quantitative estimate of drug-likeness (QED) is 0.459. The summed E-state index contributed by atoms with van der Waals surface area (Å²) in [7, 11) is 3.24. The average Bonchev–Trinajstić information content (AvgIpc) is 3.19. The van der Waals surface area contributed by atoms with E-state index in [4.69, 9.17) is 18.9 Å². The maximum atomic E-state index is 14.1. The zero-order valence-electron chi connectivity index (χ0n) is 19.9. The van der Waals surface area contributed by atoms with Gasteiger partial charge in [0.05, 0.1) is 19.8 Å². The smallest absolute Gasteiger partial charge is 0.231 e. The van der Waals surface area contributed by atoms with Gasteiger partial charge in [0.15, 0.2) is 17.3 Å². The number of hydrogen-bond donors (Lipinski definition) is 0. The Morgan fingerprint density at radius 3 is 2.63 bits per heavy atom. The fourth-order valence-corrected chi connectivity index (χ4v) is 4.50. The summed E-state index contributed by atoms with van der Waals surface area (Å²) in [6.07, 6.45) is 2.26. The molecule has 0 saturated carbocycles. The first-order valence-corrected chi connectivity index (χ1v) is 11.4. The molecule has 6 nitrogen and oxygen atoms in total. The monoisotopic (exact) mass is 475 g/mol. The van der Waals surface area contributed by atoms with E-state index in [1.54, 1.807) is 32.4 Å². The van der Waals surface area contributed by atoms with Gasteiger partial charge in [0, 0.05) is 29.8 Å². The zero-order chi connectivity index (χ0) is 24.5. The Balaban J connectivity index is 1.33. The van der Waals surface area contributed by atoms with Gasteiger partial charge in [-0.1, -0.05) is 24.3 Å². The van der Waals surface area contributed by atoms with Gasteiger partial charge < -0.3 is 18.9 Å². The van der Waals surface area contributed by atoms with Crippen LogP contribution in [-0.4, -0.2) is 38.2 Å². The molecule has 7 heteroatoms. The molecular weight excluding hydrogens is 449 g/mol. The van der Waals surface area contributed by atoms with E-state index in [2.05, 4.69) is 4.90 Å². The minimum Gasteiger partial charge on any atom is -0.493 e. The number of allylic oxidation sites excluding steroid dienone is 1. The standard InChI is InChI=1S/C28H26FNO5/c1-17-27-20(13-21-26(31)25(35-28(17)21)14-19-6-4-5-7-22(19)29)15-30(16-34-27)11-10-18-8-9-23(32-2)24(12-18)33-3/h4-9,12-14H,10-11,15-16H2,1-3H3/b25-14-. The highest BCUT2D eigenvalue weighted by atomic mass is 19.1. The molecule has 0 spiro atoms. The Morgan fingerprint density at radius 2 is 1.86 bits per heavy atom. The molecule has 0 unspecified atom stereocenters. The number of carbonyl (C=O) groups is 1. The van der Waals surface area contributed by atoms with Crippen molar-refractivity contribution in [2.24, 2.45) is 0 Å². The van der Waals surface area contributed by atoms with Crippen LogP contribution in [0.25, 0.3) is 6.08 Å². The zero-order valence-corrected chi connectivity index (χ0v) is 19.9. The maximum Gasteiger partial charge on any atom is 0.231 e. The third-order valence-corrected chi connectivity index (χ3v) is 6.36. The van der Waals surface area contributed by atoms with E-state index in [-0.39, 0.29) is 11.5 Å². The van der Waals surface area contributed by atoms with E-state index in [9.17, 15) is 9.18 Å². The van der Waals surface area contributed by atoms with Crippen LogP contribution in [-0.2, 0) is 13.0 Å². The molecule has 2 aliphatic rings. The van der Waals surface area contributed by atoms with Crippen molar-refractivity contribution < 1.29 is 28.1 Å². The molecule has 0 saturated heterocycles. The summed E-state index contributed by atoms with van der Waals surface area (Å²) in [5, 5.41) is 0. The van der Waals surface area contributed by atoms with Crippen molar-refractivity contribution in [1.29, 1.82) is 0 Å². The Kier molecular flexibility index (Phi) is 6.17. The number of fused-ring (bicyclic) bond motifs is 2.